The lowest BCUT2D eigenvalue weighted by Crippen LogP contribution is -2.57. The fourth-order valence-corrected chi connectivity index (χ4v) is 4.28. The van der Waals surface area contributed by atoms with Gasteiger partial charge < -0.3 is 14.7 Å². The van der Waals surface area contributed by atoms with Crippen molar-refractivity contribution < 1.29 is 14.8 Å². The monoisotopic (exact) mass is 408 g/mol. The number of nitrogens with zero attached hydrogens (tertiary/aromatic N) is 4. The number of benzene rings is 2. The zero-order valence-electron chi connectivity index (χ0n) is 17.0. The molecule has 156 valence electrons. The molecule has 2 aliphatic heterocycles. The van der Waals surface area contributed by atoms with Crippen molar-refractivity contribution >= 4 is 11.4 Å². The zero-order valence-corrected chi connectivity index (χ0v) is 17.0. The van der Waals surface area contributed by atoms with Gasteiger partial charge in [0.2, 0.25) is 0 Å². The lowest BCUT2D eigenvalue weighted by Gasteiger charge is -2.48. The maximum absolute atomic E-state index is 11.1. The molecule has 4 rings (SSSR count). The SMILES string of the molecule is CC1(C)Oc2ccc(C#N)cc2C(N2CCN(c3ccc([N+](=O)[O-])cc3)CC2)C1O. The summed E-state index contributed by atoms with van der Waals surface area (Å²) in [5, 5.41) is 31.3. The van der Waals surface area contributed by atoms with Gasteiger partial charge in [-0.05, 0) is 44.2 Å². The number of aliphatic hydroxyl groups is 1. The van der Waals surface area contributed by atoms with E-state index >= 15 is 0 Å². The Morgan fingerprint density at radius 1 is 1.17 bits per heavy atom. The fraction of sp³-hybridized carbons (Fsp3) is 0.409. The Kier molecular flexibility index (Phi) is 5.10. The first-order valence-electron chi connectivity index (χ1n) is 9.95. The van der Waals surface area contributed by atoms with Gasteiger partial charge >= 0.3 is 0 Å². The molecule has 0 aliphatic carbocycles. The Hall–Kier alpha value is -3.15. The van der Waals surface area contributed by atoms with Crippen molar-refractivity contribution in [2.75, 3.05) is 31.1 Å². The number of piperazine rings is 1. The molecule has 2 heterocycles. The van der Waals surface area contributed by atoms with Gasteiger partial charge in [-0.2, -0.15) is 5.26 Å². The van der Waals surface area contributed by atoms with Gasteiger partial charge in [-0.15, -0.1) is 0 Å². The van der Waals surface area contributed by atoms with E-state index < -0.39 is 16.6 Å². The second-order valence-electron chi connectivity index (χ2n) is 8.26. The van der Waals surface area contributed by atoms with Crippen molar-refractivity contribution in [1.29, 1.82) is 5.26 Å². The number of aliphatic hydroxyl groups excluding tert-OH is 1. The molecule has 0 amide bonds. The molecular formula is C22H24N4O4. The number of nitro benzene ring substituents is 1. The first-order valence-corrected chi connectivity index (χ1v) is 9.95. The molecule has 2 atom stereocenters. The molecular weight excluding hydrogens is 384 g/mol. The van der Waals surface area contributed by atoms with Crippen molar-refractivity contribution in [3.05, 3.63) is 63.7 Å². The minimum Gasteiger partial charge on any atom is -0.485 e. The van der Waals surface area contributed by atoms with Gasteiger partial charge in [0.1, 0.15) is 17.5 Å². The van der Waals surface area contributed by atoms with E-state index in [1.54, 1.807) is 24.3 Å². The Balaban J connectivity index is 1.55. The van der Waals surface area contributed by atoms with Gasteiger partial charge in [0.25, 0.3) is 5.69 Å². The Morgan fingerprint density at radius 3 is 2.43 bits per heavy atom. The van der Waals surface area contributed by atoms with Crippen LogP contribution in [0.2, 0.25) is 0 Å². The summed E-state index contributed by atoms with van der Waals surface area (Å²) in [7, 11) is 0. The molecule has 0 radical (unpaired) electrons. The first kappa shape index (κ1) is 20.1. The molecule has 1 saturated heterocycles. The van der Waals surface area contributed by atoms with Crippen LogP contribution in [0.25, 0.3) is 0 Å². The second kappa shape index (κ2) is 7.59. The number of hydrogen-bond acceptors (Lipinski definition) is 7. The number of non-ortho nitro benzene ring substituents is 1. The summed E-state index contributed by atoms with van der Waals surface area (Å²) in [6, 6.07) is 13.8. The molecule has 2 unspecified atom stereocenters. The van der Waals surface area contributed by atoms with Crippen molar-refractivity contribution in [2.45, 2.75) is 31.6 Å². The van der Waals surface area contributed by atoms with Crippen molar-refractivity contribution in [3.8, 4) is 11.8 Å². The number of rotatable bonds is 3. The summed E-state index contributed by atoms with van der Waals surface area (Å²) in [6.45, 7) is 6.64. The van der Waals surface area contributed by atoms with Crippen LogP contribution in [-0.4, -0.2) is 52.8 Å². The first-order chi connectivity index (χ1) is 14.3. The third kappa shape index (κ3) is 3.58. The van der Waals surface area contributed by atoms with Crippen LogP contribution in [0.5, 0.6) is 5.75 Å². The van der Waals surface area contributed by atoms with E-state index in [0.717, 1.165) is 24.3 Å². The Bertz CT molecular complexity index is 991. The quantitative estimate of drug-likeness (QED) is 0.615. The number of ether oxygens (including phenoxy) is 1. The van der Waals surface area contributed by atoms with Crippen LogP contribution in [-0.2, 0) is 0 Å². The van der Waals surface area contributed by atoms with E-state index in [9.17, 15) is 20.5 Å². The van der Waals surface area contributed by atoms with E-state index in [-0.39, 0.29) is 11.7 Å². The van der Waals surface area contributed by atoms with Crippen LogP contribution in [0.1, 0.15) is 31.0 Å². The summed E-state index contributed by atoms with van der Waals surface area (Å²) in [5.74, 6) is 0.701. The number of hydrogen-bond donors (Lipinski definition) is 1. The molecule has 0 saturated carbocycles. The van der Waals surface area contributed by atoms with Gasteiger partial charge in [0.15, 0.2) is 0 Å². The average molecular weight is 408 g/mol. The van der Waals surface area contributed by atoms with E-state index in [1.165, 1.54) is 12.1 Å². The number of nitro groups is 1. The summed E-state index contributed by atoms with van der Waals surface area (Å²) in [4.78, 5) is 14.9. The van der Waals surface area contributed by atoms with Gasteiger partial charge in [-0.3, -0.25) is 15.0 Å². The highest BCUT2D eigenvalue weighted by atomic mass is 16.6. The van der Waals surface area contributed by atoms with Crippen LogP contribution in [0.3, 0.4) is 0 Å². The van der Waals surface area contributed by atoms with E-state index in [0.29, 0.717) is 24.4 Å². The normalized spacial score (nSPS) is 23.2. The van der Waals surface area contributed by atoms with E-state index in [2.05, 4.69) is 15.9 Å². The highest BCUT2D eigenvalue weighted by molar-refractivity contribution is 5.51. The van der Waals surface area contributed by atoms with Gasteiger partial charge in [0.05, 0.1) is 22.6 Å². The molecule has 0 aromatic heterocycles. The molecule has 0 spiro atoms. The van der Waals surface area contributed by atoms with Crippen LogP contribution in [0.4, 0.5) is 11.4 Å². The highest BCUT2D eigenvalue weighted by Crippen LogP contribution is 2.43. The molecule has 2 aromatic rings. The largest absolute Gasteiger partial charge is 0.485 e. The smallest absolute Gasteiger partial charge is 0.269 e. The minimum atomic E-state index is -0.749. The Morgan fingerprint density at radius 2 is 1.83 bits per heavy atom. The molecule has 1 N–H and O–H groups in total. The third-order valence-corrected chi connectivity index (χ3v) is 5.98. The molecule has 1 fully saturated rings. The summed E-state index contributed by atoms with van der Waals surface area (Å²) < 4.78 is 6.02. The maximum Gasteiger partial charge on any atom is 0.269 e. The van der Waals surface area contributed by atoms with Crippen LogP contribution in [0, 0.1) is 21.4 Å². The molecule has 8 heteroatoms. The van der Waals surface area contributed by atoms with Crippen molar-refractivity contribution in [1.82, 2.24) is 4.90 Å². The Labute approximate surface area is 175 Å². The van der Waals surface area contributed by atoms with Crippen LogP contribution >= 0.6 is 0 Å². The van der Waals surface area contributed by atoms with Crippen LogP contribution < -0.4 is 9.64 Å². The predicted octanol–water partition coefficient (Wildman–Crippen LogP) is 2.86. The minimum absolute atomic E-state index is 0.0786. The summed E-state index contributed by atoms with van der Waals surface area (Å²) >= 11 is 0. The number of nitriles is 1. The van der Waals surface area contributed by atoms with Crippen LogP contribution in [0.15, 0.2) is 42.5 Å². The van der Waals surface area contributed by atoms with E-state index in [4.69, 9.17) is 4.74 Å². The summed E-state index contributed by atoms with van der Waals surface area (Å²) in [6.07, 6.45) is -0.745. The molecule has 0 bridgehead atoms. The summed E-state index contributed by atoms with van der Waals surface area (Å²) in [5.41, 5.74) is 1.65. The standard InChI is InChI=1S/C22H24N4O4/c1-22(2)21(27)20(18-13-15(14-23)3-8-19(18)30-22)25-11-9-24(10-12-25)16-4-6-17(7-5-16)26(28)29/h3-8,13,20-21,27H,9-12H2,1-2H3. The maximum atomic E-state index is 11.1. The van der Waals surface area contributed by atoms with Crippen molar-refractivity contribution in [3.63, 3.8) is 0 Å². The molecule has 2 aliphatic rings. The fourth-order valence-electron chi connectivity index (χ4n) is 4.28. The van der Waals surface area contributed by atoms with Gasteiger partial charge in [-0.1, -0.05) is 0 Å². The predicted molar refractivity (Wildman–Crippen MR) is 111 cm³/mol. The topological polar surface area (TPSA) is 103 Å². The van der Waals surface area contributed by atoms with Gasteiger partial charge in [-0.25, -0.2) is 0 Å². The van der Waals surface area contributed by atoms with E-state index in [1.807, 2.05) is 19.9 Å². The number of anilines is 1. The lowest BCUT2D eigenvalue weighted by molar-refractivity contribution is -0.384. The second-order valence-corrected chi connectivity index (χ2v) is 8.26. The third-order valence-electron chi connectivity index (χ3n) is 5.98. The average Bonchev–Trinajstić information content (AvgIpc) is 2.74. The number of fused-ring (bicyclic) bond motifs is 1. The molecule has 30 heavy (non-hydrogen) atoms. The lowest BCUT2D eigenvalue weighted by atomic mass is 9.84. The highest BCUT2D eigenvalue weighted by Gasteiger charge is 2.46. The molecule has 2 aromatic carbocycles. The molecule has 8 nitrogen and oxygen atoms in total. The van der Waals surface area contributed by atoms with Gasteiger partial charge in [0, 0.05) is 49.6 Å². The van der Waals surface area contributed by atoms with Crippen molar-refractivity contribution in [2.24, 2.45) is 0 Å². The zero-order chi connectivity index (χ0) is 21.5.